The Bertz CT molecular complexity index is 859. The van der Waals surface area contributed by atoms with Crippen molar-refractivity contribution in [3.63, 3.8) is 0 Å². The van der Waals surface area contributed by atoms with Gasteiger partial charge >= 0.3 is 37.7 Å². The van der Waals surface area contributed by atoms with Crippen LogP contribution in [0.5, 0.6) is 0 Å². The minimum absolute atomic E-state index is 0. The Hall–Kier alpha value is -1.93. The zero-order valence-electron chi connectivity index (χ0n) is 22.9. The van der Waals surface area contributed by atoms with E-state index >= 15 is 0 Å². The first-order valence-electron chi connectivity index (χ1n) is 12.0. The van der Waals surface area contributed by atoms with Gasteiger partial charge in [0.1, 0.15) is 0 Å². The molecule has 2 heteroatoms. The van der Waals surface area contributed by atoms with Crippen molar-refractivity contribution in [1.82, 2.24) is 0 Å². The first-order chi connectivity index (χ1) is 15.8. The molecule has 0 spiro atoms. The maximum absolute atomic E-state index is 2.28. The van der Waals surface area contributed by atoms with Crippen molar-refractivity contribution in [3.05, 3.63) is 144 Å². The molecule has 0 radical (unpaired) electrons. The zero-order valence-corrected chi connectivity index (χ0v) is 20.9. The predicted octanol–water partition coefficient (Wildman–Crippen LogP) is 2.20. The van der Waals surface area contributed by atoms with Gasteiger partial charge in [0, 0.05) is 0 Å². The third-order valence-corrected chi connectivity index (χ3v) is 6.45. The van der Waals surface area contributed by atoms with Gasteiger partial charge in [-0.15, -0.1) is 0 Å². The Kier molecular flexibility index (Phi) is 13.2. The van der Waals surface area contributed by atoms with E-state index in [9.17, 15) is 0 Å². The molecule has 0 heterocycles. The van der Waals surface area contributed by atoms with Gasteiger partial charge < -0.3 is 2.85 Å². The first-order valence-corrected chi connectivity index (χ1v) is 12.0. The topological polar surface area (TPSA) is 0 Å². The van der Waals surface area contributed by atoms with Crippen LogP contribution in [0.4, 0.5) is 0 Å². The molecule has 4 aromatic carbocycles. The maximum Gasteiger partial charge on any atom is 1.00 e. The van der Waals surface area contributed by atoms with E-state index < -0.39 is 0 Å². The van der Waals surface area contributed by atoms with Crippen molar-refractivity contribution in [3.8, 4) is 0 Å². The molecule has 0 saturated carbocycles. The van der Waals surface area contributed by atoms with Crippen molar-refractivity contribution in [2.75, 3.05) is 0 Å². The molecule has 0 N–H and O–H groups in total. The Labute approximate surface area is 233 Å². The zero-order chi connectivity index (χ0) is 21.8. The number of benzene rings is 4. The molecule has 0 atom stereocenters. The summed E-state index contributed by atoms with van der Waals surface area (Å²) in [5, 5.41) is 0. The van der Waals surface area contributed by atoms with Crippen LogP contribution in [0.25, 0.3) is 0 Å². The molecule has 0 aromatic heterocycles. The SMILES string of the molecule is [H-].[H-].[Li+].[Li+].c1ccc(CC(CCC(Cc2ccccc2)Cc2ccccc2)Cc2ccccc2)cc1. The van der Waals surface area contributed by atoms with Crippen molar-refractivity contribution in [2.45, 2.75) is 38.5 Å². The fourth-order valence-corrected chi connectivity index (χ4v) is 4.81. The van der Waals surface area contributed by atoms with Crippen LogP contribution in [0.15, 0.2) is 121 Å². The van der Waals surface area contributed by atoms with Crippen LogP contribution in [0, 0.1) is 11.8 Å². The van der Waals surface area contributed by atoms with Crippen LogP contribution >= 0.6 is 0 Å². The Balaban J connectivity index is 0.00000306. The van der Waals surface area contributed by atoms with Gasteiger partial charge in [-0.25, -0.2) is 0 Å². The van der Waals surface area contributed by atoms with E-state index in [1.807, 2.05) is 0 Å². The largest absolute Gasteiger partial charge is 1.00 e. The van der Waals surface area contributed by atoms with Crippen molar-refractivity contribution in [1.29, 1.82) is 0 Å². The van der Waals surface area contributed by atoms with Crippen LogP contribution in [0.2, 0.25) is 0 Å². The summed E-state index contributed by atoms with van der Waals surface area (Å²) in [4.78, 5) is 0. The summed E-state index contributed by atoms with van der Waals surface area (Å²) in [6.07, 6.45) is 7.12. The summed E-state index contributed by atoms with van der Waals surface area (Å²) >= 11 is 0. The quantitative estimate of drug-likeness (QED) is 0.318. The van der Waals surface area contributed by atoms with Crippen molar-refractivity contribution >= 4 is 0 Å². The number of hydrogen-bond donors (Lipinski definition) is 0. The molecule has 166 valence electrons. The van der Waals surface area contributed by atoms with E-state index in [2.05, 4.69) is 121 Å². The van der Waals surface area contributed by atoms with E-state index in [1.165, 1.54) is 35.1 Å². The second-order valence-electron chi connectivity index (χ2n) is 9.07. The summed E-state index contributed by atoms with van der Waals surface area (Å²) in [6, 6.07) is 44.1. The molecule has 0 amide bonds. The van der Waals surface area contributed by atoms with Crippen LogP contribution in [-0.4, -0.2) is 0 Å². The number of hydrogen-bond acceptors (Lipinski definition) is 0. The molecule has 0 unspecified atom stereocenters. The summed E-state index contributed by atoms with van der Waals surface area (Å²) in [5.74, 6) is 1.32. The van der Waals surface area contributed by atoms with E-state index in [1.54, 1.807) is 0 Å². The summed E-state index contributed by atoms with van der Waals surface area (Å²) in [6.45, 7) is 0. The Morgan fingerprint density at radius 2 is 0.559 bits per heavy atom. The van der Waals surface area contributed by atoms with E-state index in [4.69, 9.17) is 0 Å². The van der Waals surface area contributed by atoms with Gasteiger partial charge in [0.2, 0.25) is 0 Å². The van der Waals surface area contributed by atoms with Crippen molar-refractivity contribution in [2.24, 2.45) is 11.8 Å². The number of rotatable bonds is 11. The molecular formula is C32H36Li2. The first kappa shape index (κ1) is 28.3. The van der Waals surface area contributed by atoms with Gasteiger partial charge in [0.25, 0.3) is 0 Å². The predicted molar refractivity (Wildman–Crippen MR) is 139 cm³/mol. The average Bonchev–Trinajstić information content (AvgIpc) is 2.85. The fourth-order valence-electron chi connectivity index (χ4n) is 4.81. The molecule has 0 aliphatic heterocycles. The van der Waals surface area contributed by atoms with Crippen molar-refractivity contribution < 1.29 is 40.6 Å². The van der Waals surface area contributed by atoms with Gasteiger partial charge in [0.15, 0.2) is 0 Å². The minimum Gasteiger partial charge on any atom is -1.00 e. The third-order valence-electron chi connectivity index (χ3n) is 6.45. The molecule has 0 aliphatic rings. The molecule has 0 nitrogen and oxygen atoms in total. The molecule has 0 bridgehead atoms. The summed E-state index contributed by atoms with van der Waals surface area (Å²) < 4.78 is 0. The van der Waals surface area contributed by atoms with Gasteiger partial charge in [-0.3, -0.25) is 0 Å². The monoisotopic (exact) mass is 434 g/mol. The van der Waals surface area contributed by atoms with Crippen LogP contribution in [-0.2, 0) is 25.7 Å². The molecule has 0 fully saturated rings. The normalized spacial score (nSPS) is 10.5. The molecule has 0 aliphatic carbocycles. The smallest absolute Gasteiger partial charge is 1.00 e. The molecule has 4 aromatic rings. The second kappa shape index (κ2) is 15.9. The van der Waals surface area contributed by atoms with Gasteiger partial charge in [-0.05, 0) is 72.6 Å². The second-order valence-corrected chi connectivity index (χ2v) is 9.07. The average molecular weight is 435 g/mol. The summed E-state index contributed by atoms with van der Waals surface area (Å²) in [7, 11) is 0. The van der Waals surface area contributed by atoms with E-state index in [0.717, 1.165) is 25.7 Å². The van der Waals surface area contributed by atoms with Crippen LogP contribution < -0.4 is 37.7 Å². The Morgan fingerprint density at radius 1 is 0.353 bits per heavy atom. The van der Waals surface area contributed by atoms with Crippen LogP contribution in [0.3, 0.4) is 0 Å². The molecule has 34 heavy (non-hydrogen) atoms. The molecule has 0 saturated heterocycles. The fraction of sp³-hybridized carbons (Fsp3) is 0.250. The molecule has 4 rings (SSSR count). The van der Waals surface area contributed by atoms with E-state index in [0.29, 0.717) is 11.8 Å². The third kappa shape index (κ3) is 9.75. The molecular weight excluding hydrogens is 398 g/mol. The summed E-state index contributed by atoms with van der Waals surface area (Å²) in [5.41, 5.74) is 5.82. The van der Waals surface area contributed by atoms with E-state index in [-0.39, 0.29) is 40.6 Å². The maximum atomic E-state index is 2.28. The van der Waals surface area contributed by atoms with Crippen LogP contribution in [0.1, 0.15) is 37.9 Å². The Morgan fingerprint density at radius 3 is 0.765 bits per heavy atom. The van der Waals surface area contributed by atoms with Gasteiger partial charge in [-0.1, -0.05) is 121 Å². The van der Waals surface area contributed by atoms with Gasteiger partial charge in [-0.2, -0.15) is 0 Å². The minimum atomic E-state index is 0. The van der Waals surface area contributed by atoms with Gasteiger partial charge in [0.05, 0.1) is 0 Å². The standard InChI is InChI=1S/C32H34.2Li.2H/c1-5-13-27(14-6-1)23-31(24-28-15-7-2-8-16-28)21-22-32(25-29-17-9-3-10-18-29)26-30-19-11-4-12-20-30;;;;/h1-20,31-32H,21-26H2;;;;/q;2*+1;2*-1.